The number of benzene rings is 2. The predicted octanol–water partition coefficient (Wildman–Crippen LogP) is 7.41. The van der Waals surface area contributed by atoms with Gasteiger partial charge in [0, 0.05) is 41.4 Å². The fourth-order valence-electron chi connectivity index (χ4n) is 4.24. The summed E-state index contributed by atoms with van der Waals surface area (Å²) in [6.07, 6.45) is -2.93. The number of hydrogen-bond acceptors (Lipinski definition) is 5. The molecule has 0 saturated heterocycles. The Morgan fingerprint density at radius 2 is 1.74 bits per heavy atom. The van der Waals surface area contributed by atoms with E-state index in [1.165, 1.54) is 19.2 Å². The smallest absolute Gasteiger partial charge is 0.384 e. The zero-order chi connectivity index (χ0) is 28.8. The van der Waals surface area contributed by atoms with Gasteiger partial charge >= 0.3 is 6.18 Å². The number of halogens is 8. The molecule has 3 aromatic rings. The van der Waals surface area contributed by atoms with Gasteiger partial charge in [-0.15, -0.1) is 0 Å². The van der Waals surface area contributed by atoms with Gasteiger partial charge in [0.05, 0.1) is 21.6 Å². The van der Waals surface area contributed by atoms with E-state index < -0.39 is 33.3 Å². The van der Waals surface area contributed by atoms with Crippen molar-refractivity contribution in [3.8, 4) is 0 Å². The zero-order valence-electron chi connectivity index (χ0n) is 19.8. The van der Waals surface area contributed by atoms with Crippen LogP contribution in [-0.2, 0) is 11.0 Å². The van der Waals surface area contributed by atoms with E-state index in [1.54, 1.807) is 24.3 Å². The van der Waals surface area contributed by atoms with Gasteiger partial charge in [0.1, 0.15) is 16.4 Å². The van der Waals surface area contributed by atoms with Crippen LogP contribution in [0.4, 0.5) is 24.7 Å². The molecular weight excluding hydrogens is 623 g/mol. The van der Waals surface area contributed by atoms with Gasteiger partial charge in [-0.2, -0.15) is 13.2 Å². The molecule has 1 saturated carbocycles. The van der Waals surface area contributed by atoms with Crippen LogP contribution in [0.2, 0.25) is 15.1 Å². The summed E-state index contributed by atoms with van der Waals surface area (Å²) in [5.41, 5.74) is 1.29. The molecule has 1 aliphatic carbocycles. The van der Waals surface area contributed by atoms with Crippen LogP contribution in [0.3, 0.4) is 0 Å². The average Bonchev–Trinajstić information content (AvgIpc) is 3.36. The van der Waals surface area contributed by atoms with Crippen molar-refractivity contribution < 1.29 is 22.8 Å². The number of alkyl halides is 5. The molecule has 14 heteroatoms. The number of aromatic nitrogens is 1. The molecule has 2 N–H and O–H groups in total. The zero-order valence-corrected chi connectivity index (χ0v) is 23.6. The van der Waals surface area contributed by atoms with Gasteiger partial charge in [-0.25, -0.2) is 4.98 Å². The van der Waals surface area contributed by atoms with Gasteiger partial charge in [0.15, 0.2) is 0 Å². The van der Waals surface area contributed by atoms with Crippen LogP contribution in [0.1, 0.15) is 27.4 Å². The molecule has 1 aromatic heterocycles. The highest BCUT2D eigenvalue weighted by atomic mass is 35.5. The Kier molecular flexibility index (Phi) is 8.23. The molecule has 2 aromatic carbocycles. The summed E-state index contributed by atoms with van der Waals surface area (Å²) < 4.78 is 37.7. The highest BCUT2D eigenvalue weighted by molar-refractivity contribution is 6.54. The molecule has 39 heavy (non-hydrogen) atoms. The van der Waals surface area contributed by atoms with Crippen molar-refractivity contribution in [2.75, 3.05) is 23.9 Å². The van der Waals surface area contributed by atoms with Crippen LogP contribution in [0.5, 0.6) is 0 Å². The van der Waals surface area contributed by atoms with Gasteiger partial charge in [-0.05, 0) is 54.1 Å². The second-order valence-corrected chi connectivity index (χ2v) is 11.5. The Morgan fingerprint density at radius 1 is 1.08 bits per heavy atom. The maximum absolute atomic E-state index is 13.0. The molecule has 6 nitrogen and oxygen atoms in total. The molecule has 2 unspecified atom stereocenters. The maximum Gasteiger partial charge on any atom is 0.416 e. The van der Waals surface area contributed by atoms with Crippen molar-refractivity contribution in [2.45, 2.75) is 16.4 Å². The lowest BCUT2D eigenvalue weighted by molar-refractivity contribution is -0.137. The van der Waals surface area contributed by atoms with Crippen LogP contribution in [-0.4, -0.2) is 35.1 Å². The number of hydrogen-bond donors (Lipinski definition) is 2. The third-order valence-electron chi connectivity index (χ3n) is 6.33. The van der Waals surface area contributed by atoms with Crippen LogP contribution in [0.15, 0.2) is 54.7 Å². The number of hydrazine groups is 1. The van der Waals surface area contributed by atoms with Crippen molar-refractivity contribution >= 4 is 81.7 Å². The number of carbonyl (C=O) groups is 2. The summed E-state index contributed by atoms with van der Waals surface area (Å²) in [4.78, 5) is 29.0. The minimum Gasteiger partial charge on any atom is -0.384 e. The fraction of sp³-hybridized carbons (Fsp3) is 0.240. The number of aldehydes is 1. The Balaban J connectivity index is 1.50. The summed E-state index contributed by atoms with van der Waals surface area (Å²) in [5.74, 6) is -1.46. The SMILES string of the molecule is CN(NC(=O)c1cc(NCC2(C=O)C(c3cc(Cl)cc(Cl)c3)C2(Cl)Cl)ccc1Cl)c1cc(C(F)(F)F)ccn1. The Hall–Kier alpha value is -2.43. The molecule has 0 aliphatic heterocycles. The van der Waals surface area contributed by atoms with Crippen molar-refractivity contribution in [3.05, 3.63) is 86.5 Å². The molecule has 206 valence electrons. The van der Waals surface area contributed by atoms with E-state index in [4.69, 9.17) is 58.0 Å². The lowest BCUT2D eigenvalue weighted by Gasteiger charge is -2.21. The first kappa shape index (κ1) is 29.6. The van der Waals surface area contributed by atoms with E-state index in [9.17, 15) is 22.8 Å². The topological polar surface area (TPSA) is 74.3 Å². The summed E-state index contributed by atoms with van der Waals surface area (Å²) in [5, 5.41) is 4.90. The number of nitrogens with one attached hydrogen (secondary N) is 2. The van der Waals surface area contributed by atoms with E-state index in [0.29, 0.717) is 27.6 Å². The maximum atomic E-state index is 13.0. The number of pyridine rings is 1. The molecule has 4 rings (SSSR count). The second kappa shape index (κ2) is 10.9. The third-order valence-corrected chi connectivity index (χ3v) is 8.23. The monoisotopic (exact) mass is 638 g/mol. The van der Waals surface area contributed by atoms with E-state index >= 15 is 0 Å². The normalized spacial score (nSPS) is 19.8. The largest absolute Gasteiger partial charge is 0.416 e. The van der Waals surface area contributed by atoms with Crippen LogP contribution < -0.4 is 15.8 Å². The molecule has 1 aliphatic rings. The summed E-state index contributed by atoms with van der Waals surface area (Å²) in [6, 6.07) is 10.9. The van der Waals surface area contributed by atoms with Gasteiger partial charge in [-0.3, -0.25) is 15.2 Å². The van der Waals surface area contributed by atoms with Crippen molar-refractivity contribution in [1.29, 1.82) is 0 Å². The van der Waals surface area contributed by atoms with Gasteiger partial charge in [-0.1, -0.05) is 58.0 Å². The Bertz CT molecular complexity index is 1420. The Morgan fingerprint density at radius 3 is 2.36 bits per heavy atom. The molecular formula is C25H18Cl5F3N4O2. The van der Waals surface area contributed by atoms with Crippen LogP contribution >= 0.6 is 58.0 Å². The van der Waals surface area contributed by atoms with Crippen LogP contribution in [0.25, 0.3) is 0 Å². The highest BCUT2D eigenvalue weighted by Gasteiger charge is 2.76. The van der Waals surface area contributed by atoms with Gasteiger partial charge in [0.25, 0.3) is 5.91 Å². The van der Waals surface area contributed by atoms with E-state index in [-0.39, 0.29) is 22.9 Å². The standard InChI is InChI=1S/C25H18Cl5F3N4O2/c1-37(20-8-14(4-5-34-20)25(31,32)33)36-22(39)18-10-17(2-3-19(18)28)35-11-23(12-38)21(24(23,29)30)13-6-15(26)9-16(27)7-13/h2-10,12,21,35H,11H2,1H3,(H,36,39). The van der Waals surface area contributed by atoms with Crippen molar-refractivity contribution in [3.63, 3.8) is 0 Å². The lowest BCUT2D eigenvalue weighted by Crippen LogP contribution is -2.40. The minimum atomic E-state index is -4.58. The number of amides is 1. The van der Waals surface area contributed by atoms with E-state index in [0.717, 1.165) is 23.3 Å². The Labute approximate surface area is 246 Å². The molecule has 1 amide bonds. The van der Waals surface area contributed by atoms with Gasteiger partial charge < -0.3 is 10.1 Å². The molecule has 1 fully saturated rings. The van der Waals surface area contributed by atoms with Crippen molar-refractivity contribution in [1.82, 2.24) is 10.4 Å². The number of rotatable bonds is 8. The first-order valence-electron chi connectivity index (χ1n) is 11.1. The number of anilines is 2. The molecule has 1 heterocycles. The molecule has 2 atom stereocenters. The summed E-state index contributed by atoms with van der Waals surface area (Å²) in [6.45, 7) is -0.00491. The van der Waals surface area contributed by atoms with Crippen LogP contribution in [0, 0.1) is 5.41 Å². The van der Waals surface area contributed by atoms with Crippen molar-refractivity contribution in [2.24, 2.45) is 5.41 Å². The average molecular weight is 641 g/mol. The number of carbonyl (C=O) groups excluding carboxylic acids is 2. The van der Waals surface area contributed by atoms with E-state index in [1.807, 2.05) is 0 Å². The highest BCUT2D eigenvalue weighted by Crippen LogP contribution is 2.73. The molecule has 0 bridgehead atoms. The predicted molar refractivity (Wildman–Crippen MR) is 147 cm³/mol. The third kappa shape index (κ3) is 5.88. The fourth-order valence-corrected chi connectivity index (χ4v) is 5.96. The first-order valence-corrected chi connectivity index (χ1v) is 13.0. The second-order valence-electron chi connectivity index (χ2n) is 8.87. The number of nitrogens with zero attached hydrogens (tertiary/aromatic N) is 2. The summed E-state index contributed by atoms with van der Waals surface area (Å²) in [7, 11) is 1.33. The summed E-state index contributed by atoms with van der Waals surface area (Å²) >= 11 is 31.5. The van der Waals surface area contributed by atoms with E-state index in [2.05, 4.69) is 15.7 Å². The van der Waals surface area contributed by atoms with Gasteiger partial charge in [0.2, 0.25) is 0 Å². The lowest BCUT2D eigenvalue weighted by atomic mass is 10.00. The minimum absolute atomic E-state index is 0.00491. The molecule has 0 spiro atoms. The first-order chi connectivity index (χ1) is 18.2. The molecule has 0 radical (unpaired) electrons. The quantitative estimate of drug-likeness (QED) is 0.152.